The van der Waals surface area contributed by atoms with Crippen LogP contribution in [0.25, 0.3) is 15.3 Å². The predicted octanol–water partition coefficient (Wildman–Crippen LogP) is 5.93. The molecule has 6 rings (SSSR count). The maximum Gasteiger partial charge on any atom is 0.226 e. The topological polar surface area (TPSA) is 78.3 Å². The number of fused-ring (bicyclic) bond motifs is 2. The Hall–Kier alpha value is -4.17. The lowest BCUT2D eigenvalue weighted by atomic mass is 9.87. The second-order valence-electron chi connectivity index (χ2n) is 8.54. The predicted molar refractivity (Wildman–Crippen MR) is 140 cm³/mol. The Morgan fingerprint density at radius 3 is 2.69 bits per heavy atom. The second-order valence-corrected chi connectivity index (χ2v) is 9.55. The van der Waals surface area contributed by atoms with Gasteiger partial charge in [-0.05, 0) is 42.3 Å². The summed E-state index contributed by atoms with van der Waals surface area (Å²) in [5, 5.41) is 8.34. The molecule has 5 aromatic rings. The normalized spacial score (nSPS) is 14.9. The molecule has 1 amide bonds. The number of rotatable bonds is 7. The smallest absolute Gasteiger partial charge is 0.226 e. The molecule has 36 heavy (non-hydrogen) atoms. The summed E-state index contributed by atoms with van der Waals surface area (Å²) in [7, 11) is 0. The maximum absolute atomic E-state index is 12.8. The number of aromatic nitrogens is 3. The first-order chi connectivity index (χ1) is 17.7. The number of para-hydroxylation sites is 1. The molecule has 0 radical (unpaired) electrons. The molecule has 8 heteroatoms. The molecular weight excluding hydrogens is 472 g/mol. The van der Waals surface area contributed by atoms with Crippen molar-refractivity contribution in [1.82, 2.24) is 14.8 Å². The molecule has 1 aliphatic heterocycles. The van der Waals surface area contributed by atoms with Gasteiger partial charge in [0.05, 0.1) is 23.0 Å². The van der Waals surface area contributed by atoms with Gasteiger partial charge in [-0.1, -0.05) is 59.9 Å². The highest BCUT2D eigenvalue weighted by Gasteiger charge is 2.31. The number of anilines is 1. The molecule has 7 nitrogen and oxygen atoms in total. The molecule has 180 valence electrons. The van der Waals surface area contributed by atoms with Crippen LogP contribution in [0.4, 0.5) is 5.82 Å². The molecule has 1 N–H and O–H groups in total. The average molecular weight is 497 g/mol. The van der Waals surface area contributed by atoms with Crippen molar-refractivity contribution in [3.05, 3.63) is 95.7 Å². The van der Waals surface area contributed by atoms with Crippen LogP contribution in [-0.2, 0) is 11.4 Å². The van der Waals surface area contributed by atoms with Crippen molar-refractivity contribution in [2.45, 2.75) is 25.9 Å². The summed E-state index contributed by atoms with van der Waals surface area (Å²) < 4.78 is 14.8. The fourth-order valence-corrected chi connectivity index (χ4v) is 5.41. The summed E-state index contributed by atoms with van der Waals surface area (Å²) in [6.45, 7) is 2.91. The summed E-state index contributed by atoms with van der Waals surface area (Å²) in [5.41, 5.74) is 3.92. The zero-order valence-electron chi connectivity index (χ0n) is 19.7. The summed E-state index contributed by atoms with van der Waals surface area (Å²) >= 11 is 1.54. The Morgan fingerprint density at radius 1 is 1.03 bits per heavy atom. The largest absolute Gasteiger partial charge is 0.490 e. The van der Waals surface area contributed by atoms with Gasteiger partial charge in [0.1, 0.15) is 12.4 Å². The van der Waals surface area contributed by atoms with Gasteiger partial charge in [0.15, 0.2) is 11.5 Å². The van der Waals surface area contributed by atoms with E-state index in [1.807, 2.05) is 85.9 Å². The Morgan fingerprint density at radius 2 is 1.86 bits per heavy atom. The van der Waals surface area contributed by atoms with E-state index < -0.39 is 0 Å². The second kappa shape index (κ2) is 9.47. The van der Waals surface area contributed by atoms with E-state index in [1.165, 1.54) is 0 Å². The minimum absolute atomic E-state index is 0.0577. The first-order valence-corrected chi connectivity index (χ1v) is 12.7. The molecule has 3 aromatic carbocycles. The van der Waals surface area contributed by atoms with Crippen LogP contribution in [0.5, 0.6) is 11.5 Å². The lowest BCUT2D eigenvalue weighted by Crippen LogP contribution is -2.24. The molecule has 3 heterocycles. The van der Waals surface area contributed by atoms with Crippen LogP contribution in [0, 0.1) is 0 Å². The third-order valence-corrected chi connectivity index (χ3v) is 7.20. The van der Waals surface area contributed by atoms with E-state index >= 15 is 0 Å². The Kier molecular flexibility index (Phi) is 5.87. The number of hydrogen-bond donors (Lipinski definition) is 1. The van der Waals surface area contributed by atoms with Crippen molar-refractivity contribution in [3.8, 4) is 16.6 Å². The third-order valence-electron chi connectivity index (χ3n) is 6.19. The fourth-order valence-electron chi connectivity index (χ4n) is 4.48. The van der Waals surface area contributed by atoms with Gasteiger partial charge in [-0.25, -0.2) is 4.98 Å². The molecule has 2 aromatic heterocycles. The molecule has 0 bridgehead atoms. The van der Waals surface area contributed by atoms with E-state index in [2.05, 4.69) is 10.4 Å². The van der Waals surface area contributed by atoms with Crippen LogP contribution in [0.15, 0.2) is 79.0 Å². The average Bonchev–Trinajstić information content (AvgIpc) is 3.52. The minimum Gasteiger partial charge on any atom is -0.490 e. The molecular formula is C28H24N4O3S. The van der Waals surface area contributed by atoms with E-state index in [0.717, 1.165) is 32.0 Å². The van der Waals surface area contributed by atoms with E-state index in [0.29, 0.717) is 37.0 Å². The van der Waals surface area contributed by atoms with Crippen LogP contribution in [0.3, 0.4) is 0 Å². The van der Waals surface area contributed by atoms with Gasteiger partial charge in [0.25, 0.3) is 0 Å². The Balaban J connectivity index is 1.33. The van der Waals surface area contributed by atoms with Crippen LogP contribution >= 0.6 is 11.3 Å². The van der Waals surface area contributed by atoms with E-state index in [9.17, 15) is 4.79 Å². The van der Waals surface area contributed by atoms with Gasteiger partial charge in [0.2, 0.25) is 11.0 Å². The number of nitrogens with zero attached hydrogens (tertiary/aromatic N) is 3. The quantitative estimate of drug-likeness (QED) is 0.302. The van der Waals surface area contributed by atoms with Gasteiger partial charge < -0.3 is 14.8 Å². The van der Waals surface area contributed by atoms with Crippen molar-refractivity contribution in [1.29, 1.82) is 0 Å². The number of ether oxygens (including phenoxy) is 2. The van der Waals surface area contributed by atoms with Crippen LogP contribution < -0.4 is 14.8 Å². The first kappa shape index (κ1) is 22.3. The molecule has 1 aliphatic rings. The first-order valence-electron chi connectivity index (χ1n) is 11.9. The highest BCUT2D eigenvalue weighted by atomic mass is 32.1. The Labute approximate surface area is 212 Å². The lowest BCUT2D eigenvalue weighted by Gasteiger charge is -2.24. The van der Waals surface area contributed by atoms with Gasteiger partial charge in [-0.15, -0.1) is 0 Å². The molecule has 0 saturated heterocycles. The van der Waals surface area contributed by atoms with Gasteiger partial charge >= 0.3 is 0 Å². The van der Waals surface area contributed by atoms with E-state index in [1.54, 1.807) is 16.0 Å². The number of carbonyl (C=O) groups is 1. The zero-order chi connectivity index (χ0) is 24.5. The lowest BCUT2D eigenvalue weighted by molar-refractivity contribution is -0.116. The molecule has 0 unspecified atom stereocenters. The van der Waals surface area contributed by atoms with E-state index in [4.69, 9.17) is 14.5 Å². The van der Waals surface area contributed by atoms with E-state index in [-0.39, 0.29) is 11.8 Å². The fraction of sp³-hybridized carbons (Fsp3) is 0.179. The monoisotopic (exact) mass is 496 g/mol. The van der Waals surface area contributed by atoms with Crippen molar-refractivity contribution >= 4 is 33.3 Å². The standard InChI is InChI=1S/C28H24N4O3S/c1-2-34-24-14-19(12-13-23(24)35-17-18-8-4-3-5-9-18)20-15-26(33)31-27-21(20)16-29-32(27)28-30-22-10-6-7-11-25(22)36-28/h3-14,16,20H,2,15,17H2,1H3,(H,31,33)/t20-/m0/s1. The molecule has 0 aliphatic carbocycles. The summed E-state index contributed by atoms with van der Waals surface area (Å²) in [4.78, 5) is 17.5. The minimum atomic E-state index is -0.153. The third kappa shape index (κ3) is 4.20. The van der Waals surface area contributed by atoms with Gasteiger partial charge in [0, 0.05) is 17.9 Å². The number of amides is 1. The number of nitrogens with one attached hydrogen (secondary N) is 1. The number of hydrogen-bond acceptors (Lipinski definition) is 6. The summed E-state index contributed by atoms with van der Waals surface area (Å²) in [6, 6.07) is 23.9. The molecule has 1 atom stereocenters. The van der Waals surface area contributed by atoms with Crippen molar-refractivity contribution in [3.63, 3.8) is 0 Å². The van der Waals surface area contributed by atoms with Gasteiger partial charge in [-0.3, -0.25) is 4.79 Å². The maximum atomic E-state index is 12.8. The van der Waals surface area contributed by atoms with Crippen molar-refractivity contribution < 1.29 is 14.3 Å². The molecule has 0 saturated carbocycles. The molecule has 0 fully saturated rings. The van der Waals surface area contributed by atoms with Crippen molar-refractivity contribution in [2.75, 3.05) is 11.9 Å². The summed E-state index contributed by atoms with van der Waals surface area (Å²) in [6.07, 6.45) is 2.15. The van der Waals surface area contributed by atoms with Crippen LogP contribution in [0.2, 0.25) is 0 Å². The highest BCUT2D eigenvalue weighted by molar-refractivity contribution is 7.20. The number of benzene rings is 3. The van der Waals surface area contributed by atoms with Crippen LogP contribution in [-0.4, -0.2) is 27.3 Å². The van der Waals surface area contributed by atoms with Crippen LogP contribution in [0.1, 0.15) is 36.0 Å². The SMILES string of the molecule is CCOc1cc([C@@H]2CC(=O)Nc3c2cnn3-c2nc3ccccc3s2)ccc1OCc1ccccc1. The zero-order valence-corrected chi connectivity index (χ0v) is 20.5. The van der Waals surface area contributed by atoms with Crippen molar-refractivity contribution in [2.24, 2.45) is 0 Å². The number of thiazole rings is 1. The molecule has 0 spiro atoms. The number of carbonyl (C=O) groups excluding carboxylic acids is 1. The summed E-state index contributed by atoms with van der Waals surface area (Å²) in [5.74, 6) is 1.79. The highest BCUT2D eigenvalue weighted by Crippen LogP contribution is 2.41. The van der Waals surface area contributed by atoms with Gasteiger partial charge in [-0.2, -0.15) is 9.78 Å². The Bertz CT molecular complexity index is 1510.